The lowest BCUT2D eigenvalue weighted by Crippen LogP contribution is -2.12. The van der Waals surface area contributed by atoms with E-state index in [2.05, 4.69) is 152 Å². The predicted octanol–water partition coefficient (Wildman–Crippen LogP) is 11.3. The fourth-order valence-electron chi connectivity index (χ4n) is 6.81. The van der Waals surface area contributed by atoms with Crippen LogP contribution in [0.25, 0.3) is 61.1 Å². The molecule has 6 aromatic carbocycles. The van der Waals surface area contributed by atoms with Crippen molar-refractivity contribution in [1.29, 1.82) is 0 Å². The summed E-state index contributed by atoms with van der Waals surface area (Å²) in [5.74, 6) is 0. The first-order valence-corrected chi connectivity index (χ1v) is 16.7. The summed E-state index contributed by atoms with van der Waals surface area (Å²) in [4.78, 5) is 0. The number of dihydropyridines is 1. The molecular weight excluding hydrogens is 581 g/mol. The van der Waals surface area contributed by atoms with E-state index in [-0.39, 0.29) is 0 Å². The van der Waals surface area contributed by atoms with Crippen LogP contribution in [0.5, 0.6) is 0 Å². The summed E-state index contributed by atoms with van der Waals surface area (Å²) in [6.07, 6.45) is 17.6. The number of rotatable bonds is 8. The molecule has 3 N–H and O–H groups in total. The highest BCUT2D eigenvalue weighted by atomic mass is 14.8. The first kappa shape index (κ1) is 30.8. The van der Waals surface area contributed by atoms with Crippen molar-refractivity contribution >= 4 is 38.9 Å². The molecule has 48 heavy (non-hydrogen) atoms. The molecule has 1 heterocycles. The van der Waals surface area contributed by atoms with E-state index >= 15 is 0 Å². The van der Waals surface area contributed by atoms with Gasteiger partial charge in [-0.3, -0.25) is 0 Å². The van der Waals surface area contributed by atoms with Gasteiger partial charge in [-0.05, 0) is 134 Å². The van der Waals surface area contributed by atoms with Crippen molar-refractivity contribution in [2.75, 3.05) is 6.54 Å². The van der Waals surface area contributed by atoms with Gasteiger partial charge in [-0.15, -0.1) is 0 Å². The summed E-state index contributed by atoms with van der Waals surface area (Å²) in [7, 11) is 0. The van der Waals surface area contributed by atoms with Crippen molar-refractivity contribution in [1.82, 2.24) is 5.32 Å². The van der Waals surface area contributed by atoms with Gasteiger partial charge >= 0.3 is 0 Å². The highest BCUT2D eigenvalue weighted by Gasteiger charge is 2.14. The SMILES string of the molecule is C/C=C\C=C(/N)c1cc(C2=CC=CNC2)cc(-c2ccccc2-c2cccc(C/C=C\c3c(C)c4ccccc4c4ccccc34)c2)c1. The topological polar surface area (TPSA) is 38.0 Å². The van der Waals surface area contributed by atoms with Gasteiger partial charge in [0.25, 0.3) is 0 Å². The van der Waals surface area contributed by atoms with Gasteiger partial charge < -0.3 is 11.1 Å². The number of nitrogens with two attached hydrogens (primary N) is 1. The Morgan fingerprint density at radius 3 is 2.17 bits per heavy atom. The van der Waals surface area contributed by atoms with Crippen LogP contribution in [-0.4, -0.2) is 6.54 Å². The molecule has 6 aromatic rings. The maximum Gasteiger partial charge on any atom is 0.0401 e. The molecule has 0 unspecified atom stereocenters. The number of benzene rings is 6. The summed E-state index contributed by atoms with van der Waals surface area (Å²) in [6.45, 7) is 5.03. The van der Waals surface area contributed by atoms with Crippen LogP contribution < -0.4 is 11.1 Å². The highest BCUT2D eigenvalue weighted by Crippen LogP contribution is 2.36. The van der Waals surface area contributed by atoms with Gasteiger partial charge in [-0.1, -0.05) is 127 Å². The minimum absolute atomic E-state index is 0.747. The Labute approximate surface area is 284 Å². The second kappa shape index (κ2) is 13.9. The van der Waals surface area contributed by atoms with Crippen LogP contribution in [0.15, 0.2) is 158 Å². The minimum Gasteiger partial charge on any atom is -0.398 e. The number of hydrogen-bond donors (Lipinski definition) is 2. The van der Waals surface area contributed by atoms with E-state index in [1.54, 1.807) is 0 Å². The number of nitrogens with one attached hydrogen (secondary N) is 1. The molecule has 1 aliphatic heterocycles. The molecule has 0 fully saturated rings. The molecule has 0 amide bonds. The van der Waals surface area contributed by atoms with E-state index < -0.39 is 0 Å². The van der Waals surface area contributed by atoms with Crippen molar-refractivity contribution in [2.45, 2.75) is 20.3 Å². The second-order valence-electron chi connectivity index (χ2n) is 12.4. The Kier molecular flexibility index (Phi) is 8.89. The third-order valence-electron chi connectivity index (χ3n) is 9.27. The van der Waals surface area contributed by atoms with E-state index in [1.807, 2.05) is 31.4 Å². The minimum atomic E-state index is 0.747. The normalized spacial score (nSPS) is 13.5. The van der Waals surface area contributed by atoms with Crippen molar-refractivity contribution < 1.29 is 0 Å². The fourth-order valence-corrected chi connectivity index (χ4v) is 6.81. The Morgan fingerprint density at radius 1 is 0.729 bits per heavy atom. The largest absolute Gasteiger partial charge is 0.398 e. The maximum absolute atomic E-state index is 6.61. The van der Waals surface area contributed by atoms with Gasteiger partial charge in [0.05, 0.1) is 0 Å². The van der Waals surface area contributed by atoms with Gasteiger partial charge in [0.15, 0.2) is 0 Å². The molecule has 1 aliphatic rings. The monoisotopic (exact) mass is 620 g/mol. The molecule has 234 valence electrons. The van der Waals surface area contributed by atoms with E-state index in [4.69, 9.17) is 5.73 Å². The zero-order valence-corrected chi connectivity index (χ0v) is 27.6. The van der Waals surface area contributed by atoms with E-state index in [1.165, 1.54) is 66.1 Å². The van der Waals surface area contributed by atoms with Crippen LogP contribution in [0.2, 0.25) is 0 Å². The quantitative estimate of drug-likeness (QED) is 0.131. The lowest BCUT2D eigenvalue weighted by molar-refractivity contribution is 0.986. The first-order valence-electron chi connectivity index (χ1n) is 16.7. The van der Waals surface area contributed by atoms with Crippen LogP contribution in [0.1, 0.15) is 34.7 Å². The average Bonchev–Trinajstić information content (AvgIpc) is 3.15. The lowest BCUT2D eigenvalue weighted by Gasteiger charge is -2.17. The van der Waals surface area contributed by atoms with Crippen LogP contribution in [0.3, 0.4) is 0 Å². The molecule has 0 radical (unpaired) electrons. The molecule has 0 saturated carbocycles. The van der Waals surface area contributed by atoms with Crippen molar-refractivity contribution in [3.63, 3.8) is 0 Å². The van der Waals surface area contributed by atoms with Crippen LogP contribution in [0, 0.1) is 6.92 Å². The van der Waals surface area contributed by atoms with Gasteiger partial charge in [-0.2, -0.15) is 0 Å². The molecule has 2 nitrogen and oxygen atoms in total. The average molecular weight is 621 g/mol. The van der Waals surface area contributed by atoms with E-state index in [0.29, 0.717) is 0 Å². The van der Waals surface area contributed by atoms with Gasteiger partial charge in [0.1, 0.15) is 0 Å². The summed E-state index contributed by atoms with van der Waals surface area (Å²) in [6, 6.07) is 41.8. The van der Waals surface area contributed by atoms with Crippen molar-refractivity contribution in [3.05, 3.63) is 186 Å². The maximum atomic E-state index is 6.61. The number of fused-ring (bicyclic) bond motifs is 3. The zero-order chi connectivity index (χ0) is 32.9. The smallest absolute Gasteiger partial charge is 0.0401 e. The van der Waals surface area contributed by atoms with Crippen molar-refractivity contribution in [3.8, 4) is 22.3 Å². The summed E-state index contributed by atoms with van der Waals surface area (Å²) in [5, 5.41) is 8.58. The molecule has 0 aliphatic carbocycles. The fraction of sp³-hybridized carbons (Fsp3) is 0.0870. The molecule has 0 atom stereocenters. The molecule has 2 heteroatoms. The number of allylic oxidation sites excluding steroid dienone is 6. The Hall–Kier alpha value is -5.86. The predicted molar refractivity (Wildman–Crippen MR) is 208 cm³/mol. The molecule has 0 bridgehead atoms. The lowest BCUT2D eigenvalue weighted by atomic mass is 9.89. The first-order chi connectivity index (χ1) is 23.6. The van der Waals surface area contributed by atoms with Crippen molar-refractivity contribution in [2.24, 2.45) is 5.73 Å². The molecular formula is C46H40N2. The highest BCUT2D eigenvalue weighted by molar-refractivity contribution is 6.12. The summed E-state index contributed by atoms with van der Waals surface area (Å²) in [5.41, 5.74) is 19.4. The van der Waals surface area contributed by atoms with E-state index in [9.17, 15) is 0 Å². The second-order valence-corrected chi connectivity index (χ2v) is 12.4. The Bertz CT molecular complexity index is 2290. The van der Waals surface area contributed by atoms with Gasteiger partial charge in [0.2, 0.25) is 0 Å². The number of aryl methyl sites for hydroxylation is 1. The van der Waals surface area contributed by atoms with Crippen LogP contribution in [-0.2, 0) is 6.42 Å². The third kappa shape index (κ3) is 6.26. The molecule has 7 rings (SSSR count). The third-order valence-corrected chi connectivity index (χ3v) is 9.27. The van der Waals surface area contributed by atoms with Crippen LogP contribution >= 0.6 is 0 Å². The number of hydrogen-bond acceptors (Lipinski definition) is 2. The standard InChI is InChI=1S/C46H40N2/c1-3-4-25-46(47)38-29-36(35-17-13-26-48-31-35)28-37(30-38)42-20-7-6-19-41(42)34-16-11-14-33(27-34)15-12-24-40-32(2)39-18-5-8-21-43(39)45-23-10-9-22-44(40)45/h3-14,16-30,48H,15,31,47H2,1-2H3/b4-3-,24-12-,46-25-. The van der Waals surface area contributed by atoms with Gasteiger partial charge in [0, 0.05) is 12.2 Å². The summed E-state index contributed by atoms with van der Waals surface area (Å²) < 4.78 is 0. The molecule has 0 aromatic heterocycles. The molecule has 0 spiro atoms. The molecule has 0 saturated heterocycles. The zero-order valence-electron chi connectivity index (χ0n) is 27.6. The van der Waals surface area contributed by atoms with Crippen LogP contribution in [0.4, 0.5) is 0 Å². The Morgan fingerprint density at radius 2 is 1.42 bits per heavy atom. The van der Waals surface area contributed by atoms with E-state index in [0.717, 1.165) is 29.8 Å². The summed E-state index contributed by atoms with van der Waals surface area (Å²) >= 11 is 0. The Balaban J connectivity index is 1.24. The van der Waals surface area contributed by atoms with Gasteiger partial charge in [-0.25, -0.2) is 0 Å².